The number of nitrogens with zero attached hydrogens (tertiary/aromatic N) is 1. The lowest BCUT2D eigenvalue weighted by molar-refractivity contribution is -0.140. The molecule has 5 heteroatoms. The summed E-state index contributed by atoms with van der Waals surface area (Å²) in [5.74, 6) is -1.55. The summed E-state index contributed by atoms with van der Waals surface area (Å²) >= 11 is 0. The van der Waals surface area contributed by atoms with Crippen LogP contribution in [-0.4, -0.2) is 27.6 Å². The molecule has 0 spiro atoms. The summed E-state index contributed by atoms with van der Waals surface area (Å²) in [5, 5.41) is 12.5. The van der Waals surface area contributed by atoms with Crippen molar-refractivity contribution in [3.8, 4) is 0 Å². The number of aromatic nitrogens is 1. The molecule has 1 atom stereocenters. The third-order valence-electron chi connectivity index (χ3n) is 3.36. The van der Waals surface area contributed by atoms with Crippen molar-refractivity contribution in [1.82, 2.24) is 9.88 Å². The van der Waals surface area contributed by atoms with E-state index in [9.17, 15) is 9.59 Å². The molecule has 0 bridgehead atoms. The second kappa shape index (κ2) is 5.36. The molecule has 0 saturated carbocycles. The molecular weight excluding hydrogens is 256 g/mol. The van der Waals surface area contributed by atoms with Crippen molar-refractivity contribution in [2.45, 2.75) is 19.9 Å². The van der Waals surface area contributed by atoms with Crippen LogP contribution in [0.4, 0.5) is 0 Å². The van der Waals surface area contributed by atoms with Gasteiger partial charge in [-0.25, -0.2) is 4.79 Å². The van der Waals surface area contributed by atoms with Crippen molar-refractivity contribution in [3.63, 3.8) is 0 Å². The summed E-state index contributed by atoms with van der Waals surface area (Å²) in [6.45, 7) is 3.53. The maximum atomic E-state index is 12.3. The molecule has 0 radical (unpaired) electrons. The number of rotatable bonds is 4. The number of carboxylic acids is 1. The zero-order valence-corrected chi connectivity index (χ0v) is 11.8. The van der Waals surface area contributed by atoms with Crippen LogP contribution >= 0.6 is 0 Å². The Morgan fingerprint density at radius 1 is 1.25 bits per heavy atom. The number of amides is 1. The van der Waals surface area contributed by atoms with Gasteiger partial charge in [0.15, 0.2) is 0 Å². The van der Waals surface area contributed by atoms with Crippen LogP contribution < -0.4 is 5.32 Å². The highest BCUT2D eigenvalue weighted by molar-refractivity contribution is 6.07. The Labute approximate surface area is 117 Å². The van der Waals surface area contributed by atoms with E-state index in [0.717, 1.165) is 10.9 Å². The van der Waals surface area contributed by atoms with Gasteiger partial charge in [0.25, 0.3) is 5.91 Å². The molecule has 5 nitrogen and oxygen atoms in total. The van der Waals surface area contributed by atoms with Gasteiger partial charge in [-0.2, -0.15) is 0 Å². The Kier molecular flexibility index (Phi) is 3.79. The fraction of sp³-hybridized carbons (Fsp3) is 0.333. The summed E-state index contributed by atoms with van der Waals surface area (Å²) in [6.07, 6.45) is 1.72. The lowest BCUT2D eigenvalue weighted by Gasteiger charge is -2.17. The smallest absolute Gasteiger partial charge is 0.326 e. The molecule has 0 fully saturated rings. The molecule has 0 aliphatic heterocycles. The van der Waals surface area contributed by atoms with Crippen molar-refractivity contribution in [2.24, 2.45) is 13.0 Å². The van der Waals surface area contributed by atoms with E-state index < -0.39 is 12.0 Å². The minimum Gasteiger partial charge on any atom is -0.480 e. The monoisotopic (exact) mass is 274 g/mol. The molecule has 1 heterocycles. The first kappa shape index (κ1) is 14.1. The van der Waals surface area contributed by atoms with E-state index >= 15 is 0 Å². The summed E-state index contributed by atoms with van der Waals surface area (Å²) in [6, 6.07) is 6.65. The Bertz CT molecular complexity index is 658. The zero-order valence-electron chi connectivity index (χ0n) is 11.8. The molecule has 2 rings (SSSR count). The van der Waals surface area contributed by atoms with E-state index in [4.69, 9.17) is 5.11 Å². The fourth-order valence-electron chi connectivity index (χ4n) is 2.26. The largest absolute Gasteiger partial charge is 0.480 e. The number of hydrogen-bond acceptors (Lipinski definition) is 2. The molecule has 1 amide bonds. The number of para-hydroxylation sites is 1. The van der Waals surface area contributed by atoms with E-state index in [1.807, 2.05) is 35.9 Å². The number of benzene rings is 1. The van der Waals surface area contributed by atoms with Gasteiger partial charge < -0.3 is 15.0 Å². The van der Waals surface area contributed by atoms with Crippen LogP contribution in [0.15, 0.2) is 30.5 Å². The first-order valence-electron chi connectivity index (χ1n) is 6.49. The quantitative estimate of drug-likeness (QED) is 0.896. The number of carboxylic acid groups (broad SMARTS) is 1. The Balaban J connectivity index is 2.34. The van der Waals surface area contributed by atoms with Gasteiger partial charge in [0, 0.05) is 24.1 Å². The van der Waals surface area contributed by atoms with E-state index in [-0.39, 0.29) is 11.8 Å². The van der Waals surface area contributed by atoms with Gasteiger partial charge in [-0.3, -0.25) is 4.79 Å². The third-order valence-corrected chi connectivity index (χ3v) is 3.36. The van der Waals surface area contributed by atoms with E-state index in [1.54, 1.807) is 20.0 Å². The van der Waals surface area contributed by atoms with Crippen LogP contribution in [0.2, 0.25) is 0 Å². The highest BCUT2D eigenvalue weighted by Gasteiger charge is 2.25. The highest BCUT2D eigenvalue weighted by Crippen LogP contribution is 2.20. The van der Waals surface area contributed by atoms with Crippen LogP contribution in [0.5, 0.6) is 0 Å². The average molecular weight is 274 g/mol. The normalized spacial score (nSPS) is 12.6. The van der Waals surface area contributed by atoms with Crippen LogP contribution in [0.25, 0.3) is 10.9 Å². The van der Waals surface area contributed by atoms with Crippen LogP contribution in [0.3, 0.4) is 0 Å². The fourth-order valence-corrected chi connectivity index (χ4v) is 2.26. The van der Waals surface area contributed by atoms with Crippen molar-refractivity contribution in [3.05, 3.63) is 36.0 Å². The van der Waals surface area contributed by atoms with Crippen molar-refractivity contribution in [1.29, 1.82) is 0 Å². The molecule has 20 heavy (non-hydrogen) atoms. The number of carbonyl (C=O) groups excluding carboxylic acids is 1. The Morgan fingerprint density at radius 2 is 1.90 bits per heavy atom. The van der Waals surface area contributed by atoms with Gasteiger partial charge in [0.1, 0.15) is 6.04 Å². The van der Waals surface area contributed by atoms with Crippen molar-refractivity contribution in [2.75, 3.05) is 0 Å². The second-order valence-electron chi connectivity index (χ2n) is 5.20. The number of aryl methyl sites for hydroxylation is 1. The number of nitrogens with one attached hydrogen (secondary N) is 1. The van der Waals surface area contributed by atoms with Gasteiger partial charge in [-0.1, -0.05) is 32.0 Å². The topological polar surface area (TPSA) is 71.3 Å². The van der Waals surface area contributed by atoms with Gasteiger partial charge in [0.2, 0.25) is 0 Å². The van der Waals surface area contributed by atoms with Gasteiger partial charge in [0.05, 0.1) is 5.56 Å². The Morgan fingerprint density at radius 3 is 2.50 bits per heavy atom. The predicted octanol–water partition coefficient (Wildman–Crippen LogP) is 2.02. The molecule has 0 saturated heterocycles. The van der Waals surface area contributed by atoms with Gasteiger partial charge >= 0.3 is 5.97 Å². The number of carbonyl (C=O) groups is 2. The maximum Gasteiger partial charge on any atom is 0.326 e. The van der Waals surface area contributed by atoms with Crippen LogP contribution in [0, 0.1) is 5.92 Å². The second-order valence-corrected chi connectivity index (χ2v) is 5.20. The average Bonchev–Trinajstić information content (AvgIpc) is 2.73. The summed E-state index contributed by atoms with van der Waals surface area (Å²) in [5.41, 5.74) is 1.43. The molecule has 2 N–H and O–H groups in total. The molecule has 0 aliphatic rings. The zero-order chi connectivity index (χ0) is 14.9. The summed E-state index contributed by atoms with van der Waals surface area (Å²) < 4.78 is 1.86. The predicted molar refractivity (Wildman–Crippen MR) is 76.6 cm³/mol. The molecule has 2 aromatic rings. The maximum absolute atomic E-state index is 12.3. The Hall–Kier alpha value is -2.30. The lowest BCUT2D eigenvalue weighted by Crippen LogP contribution is -2.44. The van der Waals surface area contributed by atoms with Crippen LogP contribution in [-0.2, 0) is 11.8 Å². The molecular formula is C15H18N2O3. The summed E-state index contributed by atoms with van der Waals surface area (Å²) in [7, 11) is 1.86. The van der Waals surface area contributed by atoms with Crippen molar-refractivity contribution >= 4 is 22.8 Å². The molecule has 1 unspecified atom stereocenters. The van der Waals surface area contributed by atoms with Gasteiger partial charge in [-0.05, 0) is 12.0 Å². The highest BCUT2D eigenvalue weighted by atomic mass is 16.4. The number of fused-ring (bicyclic) bond motifs is 1. The molecule has 1 aromatic carbocycles. The third kappa shape index (κ3) is 2.52. The first-order valence-corrected chi connectivity index (χ1v) is 6.49. The minimum absolute atomic E-state index is 0.175. The van der Waals surface area contributed by atoms with Gasteiger partial charge in [-0.15, -0.1) is 0 Å². The summed E-state index contributed by atoms with van der Waals surface area (Å²) in [4.78, 5) is 23.5. The standard InChI is InChI=1S/C15H18N2O3/c1-9(2)13(15(19)20)16-14(18)11-8-17(3)12-7-5-4-6-10(11)12/h4-9,13H,1-3H3,(H,16,18)(H,19,20). The first-order chi connectivity index (χ1) is 9.41. The SMILES string of the molecule is CC(C)C(NC(=O)c1cn(C)c2ccccc12)C(=O)O. The molecule has 1 aromatic heterocycles. The van der Waals surface area contributed by atoms with E-state index in [0.29, 0.717) is 5.56 Å². The number of hydrogen-bond donors (Lipinski definition) is 2. The molecule has 0 aliphatic carbocycles. The van der Waals surface area contributed by atoms with Crippen molar-refractivity contribution < 1.29 is 14.7 Å². The number of aliphatic carboxylic acids is 1. The molecule has 106 valence electrons. The van der Waals surface area contributed by atoms with E-state index in [2.05, 4.69) is 5.32 Å². The van der Waals surface area contributed by atoms with Crippen LogP contribution in [0.1, 0.15) is 24.2 Å². The minimum atomic E-state index is -1.02. The van der Waals surface area contributed by atoms with E-state index in [1.165, 1.54) is 0 Å². The lowest BCUT2D eigenvalue weighted by atomic mass is 10.0.